The van der Waals surface area contributed by atoms with Crippen LogP contribution in [0.2, 0.25) is 0 Å². The highest BCUT2D eigenvalue weighted by atomic mass is 15.4. The minimum atomic E-state index is 0.000191. The van der Waals surface area contributed by atoms with Gasteiger partial charge in [-0.15, -0.1) is 5.10 Å². The average molecular weight is 216 g/mol. The summed E-state index contributed by atoms with van der Waals surface area (Å²) in [6.45, 7) is 0. The number of benzene rings is 1. The van der Waals surface area contributed by atoms with Gasteiger partial charge in [0.2, 0.25) is 0 Å². The van der Waals surface area contributed by atoms with E-state index in [1.54, 1.807) is 10.9 Å². The van der Waals surface area contributed by atoms with Crippen LogP contribution in [0.3, 0.4) is 0 Å². The molecule has 2 aromatic rings. The van der Waals surface area contributed by atoms with E-state index in [1.807, 2.05) is 25.2 Å². The van der Waals surface area contributed by atoms with Crippen LogP contribution in [-0.2, 0) is 13.5 Å². The van der Waals surface area contributed by atoms with E-state index in [1.165, 1.54) is 5.56 Å². The molecule has 4 heteroatoms. The lowest BCUT2D eigenvalue weighted by Crippen LogP contribution is -2.15. The predicted octanol–water partition coefficient (Wildman–Crippen LogP) is 1.45. The summed E-state index contributed by atoms with van der Waals surface area (Å²) in [6.07, 6.45) is 3.62. The van der Waals surface area contributed by atoms with Crippen molar-refractivity contribution >= 4 is 0 Å². The first-order valence-electron chi connectivity index (χ1n) is 5.41. The summed E-state index contributed by atoms with van der Waals surface area (Å²) in [7, 11) is 1.87. The molecule has 0 saturated carbocycles. The van der Waals surface area contributed by atoms with Crippen molar-refractivity contribution in [3.63, 3.8) is 0 Å². The van der Waals surface area contributed by atoms with Gasteiger partial charge in [-0.05, 0) is 18.4 Å². The van der Waals surface area contributed by atoms with Gasteiger partial charge in [0.05, 0.1) is 11.9 Å². The van der Waals surface area contributed by atoms with Crippen LogP contribution in [0.15, 0.2) is 36.5 Å². The molecular formula is C12H16N4. The van der Waals surface area contributed by atoms with E-state index in [2.05, 4.69) is 22.4 Å². The summed E-state index contributed by atoms with van der Waals surface area (Å²) in [5.41, 5.74) is 8.38. The first kappa shape index (κ1) is 10.8. The molecule has 2 rings (SSSR count). The van der Waals surface area contributed by atoms with Crippen LogP contribution in [0.1, 0.15) is 23.7 Å². The maximum Gasteiger partial charge on any atom is 0.0751 e. The van der Waals surface area contributed by atoms with Gasteiger partial charge in [0, 0.05) is 13.1 Å². The molecule has 1 atom stereocenters. The van der Waals surface area contributed by atoms with Crippen LogP contribution in [-0.4, -0.2) is 15.0 Å². The molecular weight excluding hydrogens is 200 g/mol. The van der Waals surface area contributed by atoms with E-state index in [-0.39, 0.29) is 6.04 Å². The highest BCUT2D eigenvalue weighted by Crippen LogP contribution is 2.14. The molecule has 0 radical (unpaired) electrons. The number of nitrogens with two attached hydrogens (primary N) is 1. The summed E-state index contributed by atoms with van der Waals surface area (Å²) < 4.78 is 1.73. The Morgan fingerprint density at radius 1 is 1.31 bits per heavy atom. The second-order valence-corrected chi connectivity index (χ2v) is 3.91. The molecule has 0 amide bonds. The molecule has 0 aliphatic rings. The van der Waals surface area contributed by atoms with Crippen molar-refractivity contribution in [2.24, 2.45) is 12.8 Å². The molecule has 0 fully saturated rings. The number of aryl methyl sites for hydroxylation is 2. The van der Waals surface area contributed by atoms with E-state index in [4.69, 9.17) is 5.73 Å². The van der Waals surface area contributed by atoms with Crippen molar-refractivity contribution in [3.05, 3.63) is 47.8 Å². The van der Waals surface area contributed by atoms with Gasteiger partial charge in [0.25, 0.3) is 0 Å². The molecule has 16 heavy (non-hydrogen) atoms. The molecule has 1 heterocycles. The van der Waals surface area contributed by atoms with Crippen LogP contribution in [0.25, 0.3) is 0 Å². The monoisotopic (exact) mass is 216 g/mol. The van der Waals surface area contributed by atoms with Crippen LogP contribution < -0.4 is 5.73 Å². The Hall–Kier alpha value is -1.68. The average Bonchev–Trinajstić information content (AvgIpc) is 2.74. The highest BCUT2D eigenvalue weighted by molar-refractivity contribution is 5.15. The van der Waals surface area contributed by atoms with Gasteiger partial charge in [0.1, 0.15) is 0 Å². The second kappa shape index (κ2) is 4.90. The van der Waals surface area contributed by atoms with Crippen molar-refractivity contribution < 1.29 is 0 Å². The smallest absolute Gasteiger partial charge is 0.0751 e. The van der Waals surface area contributed by atoms with Gasteiger partial charge in [-0.3, -0.25) is 4.68 Å². The van der Waals surface area contributed by atoms with E-state index in [0.29, 0.717) is 0 Å². The molecule has 0 bridgehead atoms. The van der Waals surface area contributed by atoms with Crippen LogP contribution in [0, 0.1) is 0 Å². The maximum atomic E-state index is 6.09. The van der Waals surface area contributed by atoms with Crippen molar-refractivity contribution in [1.82, 2.24) is 15.0 Å². The molecule has 1 aromatic carbocycles. The van der Waals surface area contributed by atoms with Gasteiger partial charge >= 0.3 is 0 Å². The fourth-order valence-corrected chi connectivity index (χ4v) is 1.75. The number of aromatic nitrogens is 3. The Morgan fingerprint density at radius 2 is 2.06 bits per heavy atom. The van der Waals surface area contributed by atoms with E-state index >= 15 is 0 Å². The first-order chi connectivity index (χ1) is 7.77. The molecule has 2 N–H and O–H groups in total. The lowest BCUT2D eigenvalue weighted by atomic mass is 10.0. The first-order valence-corrected chi connectivity index (χ1v) is 5.41. The van der Waals surface area contributed by atoms with Gasteiger partial charge < -0.3 is 5.73 Å². The molecule has 0 saturated heterocycles. The number of hydrogen-bond donors (Lipinski definition) is 1. The van der Waals surface area contributed by atoms with Gasteiger partial charge in [-0.2, -0.15) is 0 Å². The summed E-state index contributed by atoms with van der Waals surface area (Å²) in [4.78, 5) is 0. The summed E-state index contributed by atoms with van der Waals surface area (Å²) >= 11 is 0. The SMILES string of the molecule is Cn1nncc1C(N)CCc1ccccc1. The normalized spacial score (nSPS) is 12.6. The molecule has 84 valence electrons. The van der Waals surface area contributed by atoms with Crippen molar-refractivity contribution in [3.8, 4) is 0 Å². The largest absolute Gasteiger partial charge is 0.323 e. The summed E-state index contributed by atoms with van der Waals surface area (Å²) in [5.74, 6) is 0. The minimum Gasteiger partial charge on any atom is -0.323 e. The number of nitrogens with zero attached hydrogens (tertiary/aromatic N) is 3. The van der Waals surface area contributed by atoms with Crippen molar-refractivity contribution in [1.29, 1.82) is 0 Å². The van der Waals surface area contributed by atoms with Crippen LogP contribution in [0.5, 0.6) is 0 Å². The predicted molar refractivity (Wildman–Crippen MR) is 62.7 cm³/mol. The Morgan fingerprint density at radius 3 is 2.69 bits per heavy atom. The standard InChI is InChI=1S/C12H16N4/c1-16-12(9-14-15-16)11(13)8-7-10-5-3-2-4-6-10/h2-6,9,11H,7-8,13H2,1H3. The molecule has 4 nitrogen and oxygen atoms in total. The molecule has 0 aliphatic heterocycles. The Bertz CT molecular complexity index is 435. The zero-order chi connectivity index (χ0) is 11.4. The zero-order valence-corrected chi connectivity index (χ0v) is 9.37. The molecule has 0 spiro atoms. The molecule has 0 aliphatic carbocycles. The maximum absolute atomic E-state index is 6.09. The van der Waals surface area contributed by atoms with Gasteiger partial charge in [-0.1, -0.05) is 35.5 Å². The second-order valence-electron chi connectivity index (χ2n) is 3.91. The van der Waals surface area contributed by atoms with E-state index in [9.17, 15) is 0 Å². The van der Waals surface area contributed by atoms with Crippen molar-refractivity contribution in [2.45, 2.75) is 18.9 Å². The van der Waals surface area contributed by atoms with Crippen LogP contribution in [0.4, 0.5) is 0 Å². The fourth-order valence-electron chi connectivity index (χ4n) is 1.75. The summed E-state index contributed by atoms with van der Waals surface area (Å²) in [5, 5.41) is 7.71. The Kier molecular flexibility index (Phi) is 3.31. The fraction of sp³-hybridized carbons (Fsp3) is 0.333. The third-order valence-electron chi connectivity index (χ3n) is 2.72. The third-order valence-corrected chi connectivity index (χ3v) is 2.72. The minimum absolute atomic E-state index is 0.000191. The zero-order valence-electron chi connectivity index (χ0n) is 9.37. The van der Waals surface area contributed by atoms with E-state index < -0.39 is 0 Å². The van der Waals surface area contributed by atoms with Crippen LogP contribution >= 0.6 is 0 Å². The number of rotatable bonds is 4. The Labute approximate surface area is 95.1 Å². The highest BCUT2D eigenvalue weighted by Gasteiger charge is 2.10. The topological polar surface area (TPSA) is 56.7 Å². The Balaban J connectivity index is 1.94. The van der Waals surface area contributed by atoms with E-state index in [0.717, 1.165) is 18.5 Å². The van der Waals surface area contributed by atoms with Gasteiger partial charge in [0.15, 0.2) is 0 Å². The van der Waals surface area contributed by atoms with Gasteiger partial charge in [-0.25, -0.2) is 0 Å². The lowest BCUT2D eigenvalue weighted by molar-refractivity contribution is 0.576. The van der Waals surface area contributed by atoms with Crippen molar-refractivity contribution in [2.75, 3.05) is 0 Å². The number of hydrogen-bond acceptors (Lipinski definition) is 3. The molecule has 1 unspecified atom stereocenters. The molecule has 1 aromatic heterocycles. The quantitative estimate of drug-likeness (QED) is 0.841. The lowest BCUT2D eigenvalue weighted by Gasteiger charge is -2.10. The summed E-state index contributed by atoms with van der Waals surface area (Å²) in [6, 6.07) is 10.4. The third kappa shape index (κ3) is 2.46.